The number of para-hydroxylation sites is 1. The minimum absolute atomic E-state index is 0.0300. The van der Waals surface area contributed by atoms with Crippen LogP contribution in [0.3, 0.4) is 0 Å². The van der Waals surface area contributed by atoms with Crippen molar-refractivity contribution in [3.8, 4) is 5.75 Å². The number of hydrogen-bond donors (Lipinski definition) is 0. The highest BCUT2D eigenvalue weighted by Crippen LogP contribution is 2.42. The van der Waals surface area contributed by atoms with Gasteiger partial charge in [-0.05, 0) is 80.1 Å². The van der Waals surface area contributed by atoms with Crippen LogP contribution in [0.2, 0.25) is 0 Å². The van der Waals surface area contributed by atoms with Crippen LogP contribution < -0.4 is 4.74 Å². The number of amides is 1. The molecule has 0 aromatic heterocycles. The number of nitrogens with zero attached hydrogens (tertiary/aromatic N) is 1. The van der Waals surface area contributed by atoms with Crippen LogP contribution in [-0.2, 0) is 15.9 Å². The van der Waals surface area contributed by atoms with Crippen molar-refractivity contribution in [1.82, 2.24) is 4.90 Å². The van der Waals surface area contributed by atoms with Gasteiger partial charge in [0.2, 0.25) is 0 Å². The quantitative estimate of drug-likeness (QED) is 0.206. The molecule has 6 heteroatoms. The number of esters is 1. The van der Waals surface area contributed by atoms with Crippen LogP contribution in [0.15, 0.2) is 84.9 Å². The van der Waals surface area contributed by atoms with Gasteiger partial charge in [0.1, 0.15) is 17.5 Å². The lowest BCUT2D eigenvalue weighted by molar-refractivity contribution is 0.00569. The molecular weight excluding hydrogens is 538 g/mol. The second-order valence-electron chi connectivity index (χ2n) is 12.2. The van der Waals surface area contributed by atoms with E-state index in [1.807, 2.05) is 83.1 Å². The Labute approximate surface area is 254 Å². The van der Waals surface area contributed by atoms with Gasteiger partial charge in [-0.1, -0.05) is 79.7 Å². The van der Waals surface area contributed by atoms with Crippen molar-refractivity contribution in [2.75, 3.05) is 13.7 Å². The minimum Gasteiger partial charge on any atom is -0.488 e. The third-order valence-electron chi connectivity index (χ3n) is 8.18. The maximum Gasteiger partial charge on any atom is 0.410 e. The molecule has 4 aromatic rings. The molecule has 224 valence electrons. The predicted molar refractivity (Wildman–Crippen MR) is 170 cm³/mol. The van der Waals surface area contributed by atoms with Crippen LogP contribution in [0.4, 0.5) is 4.79 Å². The SMILES string of the molecule is CCc1ccc(C2C[C@H](CN(C(=O)OC(C)(C)C)[C@H](C)c3cccc4ccccc34)Oc3ccccc32)cc1C(=O)OC. The zero-order valence-corrected chi connectivity index (χ0v) is 25.9. The molecule has 0 radical (unpaired) electrons. The number of aryl methyl sites for hydroxylation is 1. The van der Waals surface area contributed by atoms with Gasteiger partial charge in [-0.15, -0.1) is 0 Å². The van der Waals surface area contributed by atoms with Gasteiger partial charge < -0.3 is 14.2 Å². The molecule has 0 bridgehead atoms. The molecule has 1 aliphatic rings. The summed E-state index contributed by atoms with van der Waals surface area (Å²) in [6.45, 7) is 10.1. The van der Waals surface area contributed by atoms with E-state index in [4.69, 9.17) is 14.2 Å². The van der Waals surface area contributed by atoms with Crippen molar-refractivity contribution >= 4 is 22.8 Å². The van der Waals surface area contributed by atoms with Crippen LogP contribution in [0, 0.1) is 0 Å². The molecule has 5 rings (SSSR count). The van der Waals surface area contributed by atoms with E-state index in [-0.39, 0.29) is 30.1 Å². The normalized spacial score (nSPS) is 17.0. The fourth-order valence-electron chi connectivity index (χ4n) is 6.05. The first-order valence-corrected chi connectivity index (χ1v) is 15.0. The Hall–Kier alpha value is -4.32. The summed E-state index contributed by atoms with van der Waals surface area (Å²) in [4.78, 5) is 28.3. The Balaban J connectivity index is 1.52. The number of fused-ring (bicyclic) bond motifs is 2. The highest BCUT2D eigenvalue weighted by molar-refractivity contribution is 5.91. The van der Waals surface area contributed by atoms with Crippen molar-refractivity contribution in [2.45, 2.75) is 71.1 Å². The molecule has 0 fully saturated rings. The van der Waals surface area contributed by atoms with Crippen LogP contribution in [0.5, 0.6) is 5.75 Å². The van der Waals surface area contributed by atoms with E-state index >= 15 is 0 Å². The lowest BCUT2D eigenvalue weighted by atomic mass is 9.82. The smallest absolute Gasteiger partial charge is 0.410 e. The molecule has 0 saturated heterocycles. The second-order valence-corrected chi connectivity index (χ2v) is 12.2. The van der Waals surface area contributed by atoms with Gasteiger partial charge in [0, 0.05) is 11.5 Å². The number of hydrogen-bond acceptors (Lipinski definition) is 5. The standard InChI is InChI=1S/C37H41NO5/c1-7-25-19-20-27(21-33(25)35(39)41-6)32-22-28(42-34-18-11-10-16-31(32)34)23-38(36(40)43-37(3,4)5)24(2)29-17-12-14-26-13-8-9-15-30(26)29/h8-21,24,28,32H,7,22-23H2,1-6H3/t24-,28-,32?/m1/s1. The molecule has 0 spiro atoms. The zero-order valence-electron chi connectivity index (χ0n) is 25.9. The number of carbonyl (C=O) groups excluding carboxylic acids is 2. The summed E-state index contributed by atoms with van der Waals surface area (Å²) < 4.78 is 17.6. The number of methoxy groups -OCH3 is 1. The van der Waals surface area contributed by atoms with E-state index < -0.39 is 5.60 Å². The van der Waals surface area contributed by atoms with E-state index in [0.717, 1.165) is 45.2 Å². The summed E-state index contributed by atoms with van der Waals surface area (Å²) in [7, 11) is 1.41. The molecule has 0 N–H and O–H groups in total. The molecule has 4 aromatic carbocycles. The number of ether oxygens (including phenoxy) is 3. The first-order chi connectivity index (χ1) is 20.6. The summed E-state index contributed by atoms with van der Waals surface area (Å²) >= 11 is 0. The Morgan fingerprint density at radius 1 is 0.977 bits per heavy atom. The van der Waals surface area contributed by atoms with Crippen molar-refractivity contribution in [3.63, 3.8) is 0 Å². The Bertz CT molecular complexity index is 1620. The molecular formula is C37H41NO5. The lowest BCUT2D eigenvalue weighted by Crippen LogP contribution is -2.45. The molecule has 3 atom stereocenters. The average Bonchev–Trinajstić information content (AvgIpc) is 3.01. The number of benzene rings is 4. The monoisotopic (exact) mass is 579 g/mol. The van der Waals surface area contributed by atoms with E-state index in [2.05, 4.69) is 36.4 Å². The van der Waals surface area contributed by atoms with E-state index in [9.17, 15) is 9.59 Å². The molecule has 6 nitrogen and oxygen atoms in total. The van der Waals surface area contributed by atoms with E-state index in [1.54, 1.807) is 4.90 Å². The van der Waals surface area contributed by atoms with Crippen molar-refractivity contribution in [1.29, 1.82) is 0 Å². The fraction of sp³-hybridized carbons (Fsp3) is 0.351. The highest BCUT2D eigenvalue weighted by Gasteiger charge is 2.35. The topological polar surface area (TPSA) is 65.1 Å². The largest absolute Gasteiger partial charge is 0.488 e. The molecule has 1 unspecified atom stereocenters. The third-order valence-corrected chi connectivity index (χ3v) is 8.18. The van der Waals surface area contributed by atoms with Gasteiger partial charge in [-0.2, -0.15) is 0 Å². The van der Waals surface area contributed by atoms with Crippen LogP contribution in [0.25, 0.3) is 10.8 Å². The van der Waals surface area contributed by atoms with Gasteiger partial charge in [-0.25, -0.2) is 9.59 Å². The van der Waals surface area contributed by atoms with Crippen molar-refractivity contribution in [2.24, 2.45) is 0 Å². The van der Waals surface area contributed by atoms with Gasteiger partial charge in [0.15, 0.2) is 0 Å². The lowest BCUT2D eigenvalue weighted by Gasteiger charge is -2.38. The van der Waals surface area contributed by atoms with Gasteiger partial charge in [0.05, 0.1) is 25.3 Å². The van der Waals surface area contributed by atoms with Crippen molar-refractivity contribution in [3.05, 3.63) is 113 Å². The Kier molecular flexibility index (Phi) is 8.77. The molecule has 1 amide bonds. The van der Waals surface area contributed by atoms with E-state index in [1.165, 1.54) is 7.11 Å². The summed E-state index contributed by atoms with van der Waals surface area (Å²) in [5, 5.41) is 2.22. The Morgan fingerprint density at radius 2 is 1.70 bits per heavy atom. The first kappa shape index (κ1) is 30.1. The van der Waals surface area contributed by atoms with Gasteiger partial charge >= 0.3 is 12.1 Å². The van der Waals surface area contributed by atoms with Gasteiger partial charge in [-0.3, -0.25) is 4.90 Å². The summed E-state index contributed by atoms with van der Waals surface area (Å²) in [6.07, 6.45) is 0.670. The minimum atomic E-state index is -0.651. The summed E-state index contributed by atoms with van der Waals surface area (Å²) in [5.74, 6) is 0.415. The molecule has 0 aliphatic carbocycles. The van der Waals surface area contributed by atoms with Crippen LogP contribution >= 0.6 is 0 Å². The van der Waals surface area contributed by atoms with Gasteiger partial charge in [0.25, 0.3) is 0 Å². The van der Waals surface area contributed by atoms with Crippen LogP contribution in [-0.4, -0.2) is 42.3 Å². The molecule has 43 heavy (non-hydrogen) atoms. The zero-order chi connectivity index (χ0) is 30.7. The highest BCUT2D eigenvalue weighted by atomic mass is 16.6. The Morgan fingerprint density at radius 3 is 2.44 bits per heavy atom. The summed E-state index contributed by atoms with van der Waals surface area (Å²) in [6, 6.07) is 28.2. The number of rotatable bonds is 7. The summed E-state index contributed by atoms with van der Waals surface area (Å²) in [5.41, 5.74) is 4.01. The number of carbonyl (C=O) groups is 2. The molecule has 0 saturated carbocycles. The maximum absolute atomic E-state index is 13.8. The second kappa shape index (κ2) is 12.5. The van der Waals surface area contributed by atoms with Crippen LogP contribution in [0.1, 0.15) is 85.6 Å². The maximum atomic E-state index is 13.8. The van der Waals surface area contributed by atoms with E-state index in [0.29, 0.717) is 18.5 Å². The first-order valence-electron chi connectivity index (χ1n) is 15.0. The predicted octanol–water partition coefficient (Wildman–Crippen LogP) is 8.47. The van der Waals surface area contributed by atoms with Crippen molar-refractivity contribution < 1.29 is 23.8 Å². The molecule has 1 heterocycles. The fourth-order valence-corrected chi connectivity index (χ4v) is 6.05. The third kappa shape index (κ3) is 6.53. The molecule has 1 aliphatic heterocycles. The average molecular weight is 580 g/mol.